The van der Waals surface area contributed by atoms with Crippen molar-refractivity contribution in [3.63, 3.8) is 0 Å². The van der Waals surface area contributed by atoms with Gasteiger partial charge in [0.05, 0.1) is 11.1 Å². The van der Waals surface area contributed by atoms with E-state index in [2.05, 4.69) is 25.9 Å². The number of halogens is 1. The predicted molar refractivity (Wildman–Crippen MR) is 66.7 cm³/mol. The second kappa shape index (κ2) is 5.44. The molecular formula is C11H14BrN3O2. The first kappa shape index (κ1) is 12.3. The Morgan fingerprint density at radius 2 is 2.53 bits per heavy atom. The van der Waals surface area contributed by atoms with Gasteiger partial charge < -0.3 is 9.64 Å². The van der Waals surface area contributed by atoms with Gasteiger partial charge in [0.1, 0.15) is 18.2 Å². The van der Waals surface area contributed by atoms with Gasteiger partial charge in [0.25, 0.3) is 0 Å². The summed E-state index contributed by atoms with van der Waals surface area (Å²) in [5.74, 6) is 0.589. The van der Waals surface area contributed by atoms with Gasteiger partial charge in [-0.05, 0) is 35.7 Å². The molecule has 1 aromatic heterocycles. The molecule has 5 nitrogen and oxygen atoms in total. The second-order valence-electron chi connectivity index (χ2n) is 3.80. The summed E-state index contributed by atoms with van der Waals surface area (Å²) in [5.41, 5.74) is 0. The number of carbonyl (C=O) groups is 1. The highest BCUT2D eigenvalue weighted by Crippen LogP contribution is 2.29. The fraction of sp³-hybridized carbons (Fsp3) is 0.545. The first-order chi connectivity index (χ1) is 8.24. The monoisotopic (exact) mass is 299 g/mol. The maximum absolute atomic E-state index is 11.8. The normalized spacial score (nSPS) is 19.4. The summed E-state index contributed by atoms with van der Waals surface area (Å²) in [7, 11) is 0. The van der Waals surface area contributed by atoms with Crippen LogP contribution in [0.1, 0.15) is 19.8 Å². The van der Waals surface area contributed by atoms with Crippen LogP contribution in [0.3, 0.4) is 0 Å². The van der Waals surface area contributed by atoms with Crippen molar-refractivity contribution in [2.24, 2.45) is 0 Å². The third-order valence-electron chi connectivity index (χ3n) is 2.73. The van der Waals surface area contributed by atoms with Crippen LogP contribution in [0.15, 0.2) is 17.0 Å². The van der Waals surface area contributed by atoms with Crippen molar-refractivity contribution in [3.8, 4) is 0 Å². The van der Waals surface area contributed by atoms with Crippen molar-refractivity contribution >= 4 is 27.7 Å². The lowest BCUT2D eigenvalue weighted by Crippen LogP contribution is -2.38. The molecule has 0 aliphatic carbocycles. The summed E-state index contributed by atoms with van der Waals surface area (Å²) in [6.07, 6.45) is 4.96. The quantitative estimate of drug-likeness (QED) is 0.796. The van der Waals surface area contributed by atoms with Gasteiger partial charge in [-0.2, -0.15) is 0 Å². The summed E-state index contributed by atoms with van der Waals surface area (Å²) in [4.78, 5) is 21.9. The van der Waals surface area contributed by atoms with E-state index in [1.165, 1.54) is 6.33 Å². The first-order valence-electron chi connectivity index (χ1n) is 5.62. The maximum Gasteiger partial charge on any atom is 0.328 e. The largest absolute Gasteiger partial charge is 0.464 e. The number of esters is 1. The minimum atomic E-state index is -0.221. The molecule has 1 fully saturated rings. The van der Waals surface area contributed by atoms with Crippen molar-refractivity contribution in [2.75, 3.05) is 18.1 Å². The summed E-state index contributed by atoms with van der Waals surface area (Å²) >= 11 is 3.40. The Kier molecular flexibility index (Phi) is 3.93. The summed E-state index contributed by atoms with van der Waals surface area (Å²) < 4.78 is 5.88. The molecule has 0 unspecified atom stereocenters. The van der Waals surface area contributed by atoms with Gasteiger partial charge in [0.2, 0.25) is 0 Å². The molecule has 92 valence electrons. The van der Waals surface area contributed by atoms with Crippen LogP contribution in [0, 0.1) is 0 Å². The van der Waals surface area contributed by atoms with E-state index in [1.54, 1.807) is 6.20 Å². The Morgan fingerprint density at radius 3 is 3.24 bits per heavy atom. The van der Waals surface area contributed by atoms with Gasteiger partial charge in [-0.1, -0.05) is 0 Å². The van der Waals surface area contributed by atoms with Crippen LogP contribution in [0.25, 0.3) is 0 Å². The highest BCUT2D eigenvalue weighted by atomic mass is 79.9. The molecule has 1 atom stereocenters. The Balaban J connectivity index is 2.20. The fourth-order valence-electron chi connectivity index (χ4n) is 2.02. The molecule has 1 aliphatic rings. The SMILES string of the molecule is CCOC(=O)[C@H]1CCCN1c1ncncc1Br. The fourth-order valence-corrected chi connectivity index (χ4v) is 2.47. The van der Waals surface area contributed by atoms with E-state index in [4.69, 9.17) is 4.74 Å². The Morgan fingerprint density at radius 1 is 1.71 bits per heavy atom. The highest BCUT2D eigenvalue weighted by Gasteiger charge is 2.33. The van der Waals surface area contributed by atoms with Crippen LogP contribution in [0.5, 0.6) is 0 Å². The smallest absolute Gasteiger partial charge is 0.328 e. The lowest BCUT2D eigenvalue weighted by molar-refractivity contribution is -0.144. The molecule has 2 heterocycles. The molecule has 17 heavy (non-hydrogen) atoms. The predicted octanol–water partition coefficient (Wildman–Crippen LogP) is 1.77. The molecule has 0 radical (unpaired) electrons. The summed E-state index contributed by atoms with van der Waals surface area (Å²) in [6.45, 7) is 3.05. The molecule has 0 bridgehead atoms. The molecule has 0 amide bonds. The van der Waals surface area contributed by atoms with Crippen molar-refractivity contribution in [3.05, 3.63) is 17.0 Å². The number of anilines is 1. The summed E-state index contributed by atoms with van der Waals surface area (Å²) in [5, 5.41) is 0. The van der Waals surface area contributed by atoms with Crippen LogP contribution >= 0.6 is 15.9 Å². The number of ether oxygens (including phenoxy) is 1. The summed E-state index contributed by atoms with van der Waals surface area (Å²) in [6, 6.07) is -0.221. The second-order valence-corrected chi connectivity index (χ2v) is 4.65. The molecule has 1 aliphatic heterocycles. The Hall–Kier alpha value is -1.17. The standard InChI is InChI=1S/C11H14BrN3O2/c1-2-17-11(16)9-4-3-5-15(9)10-8(12)6-13-7-14-10/h6-7,9H,2-5H2,1H3/t9-/m1/s1. The molecule has 0 N–H and O–H groups in total. The van der Waals surface area contributed by atoms with Crippen molar-refractivity contribution in [1.82, 2.24) is 9.97 Å². The topological polar surface area (TPSA) is 55.3 Å². The molecule has 2 rings (SSSR count). The molecule has 6 heteroatoms. The molecule has 1 saturated heterocycles. The van der Waals surface area contributed by atoms with E-state index >= 15 is 0 Å². The lowest BCUT2D eigenvalue weighted by atomic mass is 10.2. The number of nitrogens with zero attached hydrogens (tertiary/aromatic N) is 3. The number of hydrogen-bond acceptors (Lipinski definition) is 5. The molecule has 0 saturated carbocycles. The van der Waals surface area contributed by atoms with Gasteiger partial charge in [0, 0.05) is 12.7 Å². The highest BCUT2D eigenvalue weighted by molar-refractivity contribution is 9.10. The number of hydrogen-bond donors (Lipinski definition) is 0. The molecular weight excluding hydrogens is 286 g/mol. The van der Waals surface area contributed by atoms with Crippen molar-refractivity contribution in [1.29, 1.82) is 0 Å². The minimum absolute atomic E-state index is 0.171. The number of carbonyl (C=O) groups excluding carboxylic acids is 1. The van der Waals surface area contributed by atoms with E-state index in [0.29, 0.717) is 6.61 Å². The van der Waals surface area contributed by atoms with Crippen LogP contribution in [0.4, 0.5) is 5.82 Å². The van der Waals surface area contributed by atoms with E-state index < -0.39 is 0 Å². The van der Waals surface area contributed by atoms with Gasteiger partial charge >= 0.3 is 5.97 Å². The van der Waals surface area contributed by atoms with Gasteiger partial charge in [0.15, 0.2) is 0 Å². The van der Waals surface area contributed by atoms with Gasteiger partial charge in [-0.25, -0.2) is 14.8 Å². The maximum atomic E-state index is 11.8. The van der Waals surface area contributed by atoms with Crippen LogP contribution < -0.4 is 4.90 Å². The average Bonchev–Trinajstić information content (AvgIpc) is 2.79. The van der Waals surface area contributed by atoms with Crippen LogP contribution in [-0.2, 0) is 9.53 Å². The number of rotatable bonds is 3. The van der Waals surface area contributed by atoms with E-state index in [1.807, 2.05) is 11.8 Å². The molecule has 0 spiro atoms. The van der Waals surface area contributed by atoms with Crippen LogP contribution in [0.2, 0.25) is 0 Å². The molecule has 1 aromatic rings. The van der Waals surface area contributed by atoms with E-state index in [0.717, 1.165) is 29.7 Å². The van der Waals surface area contributed by atoms with Crippen molar-refractivity contribution < 1.29 is 9.53 Å². The van der Waals surface area contributed by atoms with E-state index in [9.17, 15) is 4.79 Å². The Bertz CT molecular complexity index is 413. The third kappa shape index (κ3) is 2.57. The number of aromatic nitrogens is 2. The Labute approximate surface area is 108 Å². The minimum Gasteiger partial charge on any atom is -0.464 e. The molecule has 0 aromatic carbocycles. The van der Waals surface area contributed by atoms with E-state index in [-0.39, 0.29) is 12.0 Å². The zero-order valence-corrected chi connectivity index (χ0v) is 11.2. The first-order valence-corrected chi connectivity index (χ1v) is 6.42. The van der Waals surface area contributed by atoms with Crippen LogP contribution in [-0.4, -0.2) is 35.1 Å². The zero-order valence-electron chi connectivity index (χ0n) is 9.60. The van der Waals surface area contributed by atoms with Crippen molar-refractivity contribution in [2.45, 2.75) is 25.8 Å². The average molecular weight is 300 g/mol. The van der Waals surface area contributed by atoms with Gasteiger partial charge in [-0.3, -0.25) is 0 Å². The third-order valence-corrected chi connectivity index (χ3v) is 3.29. The van der Waals surface area contributed by atoms with Gasteiger partial charge in [-0.15, -0.1) is 0 Å². The zero-order chi connectivity index (χ0) is 12.3. The lowest BCUT2D eigenvalue weighted by Gasteiger charge is -2.24.